The van der Waals surface area contributed by atoms with Gasteiger partial charge < -0.3 is 10.1 Å². The van der Waals surface area contributed by atoms with Crippen molar-refractivity contribution in [3.8, 4) is 5.75 Å². The van der Waals surface area contributed by atoms with Gasteiger partial charge >= 0.3 is 0 Å². The Bertz CT molecular complexity index is 1250. The van der Waals surface area contributed by atoms with Crippen LogP contribution >= 0.6 is 24.0 Å². The number of ether oxygens (including phenoxy) is 1. The molecular formula is C27H24N2O3S2. The number of carbonyl (C=O) groups excluding carboxylic acids is 2. The van der Waals surface area contributed by atoms with Gasteiger partial charge in [-0.15, -0.1) is 0 Å². The summed E-state index contributed by atoms with van der Waals surface area (Å²) in [5.74, 6) is 0.126. The van der Waals surface area contributed by atoms with Crippen LogP contribution in [0.4, 0.5) is 5.69 Å². The van der Waals surface area contributed by atoms with E-state index >= 15 is 0 Å². The van der Waals surface area contributed by atoms with Gasteiger partial charge in [0.1, 0.15) is 10.1 Å². The summed E-state index contributed by atoms with van der Waals surface area (Å²) >= 11 is 6.72. The van der Waals surface area contributed by atoms with Gasteiger partial charge in [-0.1, -0.05) is 78.6 Å². The molecule has 1 N–H and O–H groups in total. The van der Waals surface area contributed by atoms with Gasteiger partial charge in [0.15, 0.2) is 6.61 Å². The molecule has 7 heteroatoms. The minimum Gasteiger partial charge on any atom is -0.483 e. The van der Waals surface area contributed by atoms with Gasteiger partial charge in [0, 0.05) is 11.3 Å². The molecule has 1 fully saturated rings. The Hall–Kier alpha value is -3.42. The molecule has 3 aromatic carbocycles. The average Bonchev–Trinajstić information content (AvgIpc) is 3.06. The summed E-state index contributed by atoms with van der Waals surface area (Å²) in [5.41, 5.74) is 4.61. The molecule has 0 spiro atoms. The van der Waals surface area contributed by atoms with E-state index in [4.69, 9.17) is 17.0 Å². The molecule has 5 nitrogen and oxygen atoms in total. The predicted octanol–water partition coefficient (Wildman–Crippen LogP) is 5.72. The Morgan fingerprint density at radius 3 is 2.44 bits per heavy atom. The number of aryl methyl sites for hydroxylation is 2. The zero-order valence-corrected chi connectivity index (χ0v) is 20.5. The second kappa shape index (κ2) is 10.7. The lowest BCUT2D eigenvalue weighted by molar-refractivity contribution is -0.122. The molecule has 2 amide bonds. The number of nitrogens with one attached hydrogen (secondary N) is 1. The lowest BCUT2D eigenvalue weighted by Gasteiger charge is -2.14. The van der Waals surface area contributed by atoms with Crippen molar-refractivity contribution >= 4 is 51.9 Å². The molecule has 1 aliphatic heterocycles. The predicted molar refractivity (Wildman–Crippen MR) is 142 cm³/mol. The van der Waals surface area contributed by atoms with Gasteiger partial charge in [0.05, 0.1) is 11.4 Å². The second-order valence-electron chi connectivity index (χ2n) is 8.00. The highest BCUT2D eigenvalue weighted by molar-refractivity contribution is 8.26. The molecule has 3 aromatic rings. The van der Waals surface area contributed by atoms with Crippen molar-refractivity contribution in [2.45, 2.75) is 20.4 Å². The number of thiocarbonyl (C=S) groups is 1. The van der Waals surface area contributed by atoms with Crippen LogP contribution in [0.3, 0.4) is 0 Å². The second-order valence-corrected chi connectivity index (χ2v) is 9.68. The van der Waals surface area contributed by atoms with Crippen molar-refractivity contribution in [3.63, 3.8) is 0 Å². The largest absolute Gasteiger partial charge is 0.483 e. The number of hydrogen-bond acceptors (Lipinski definition) is 5. The fourth-order valence-electron chi connectivity index (χ4n) is 3.66. The number of benzene rings is 3. The SMILES string of the molecule is Cc1cc(C)cc(NC(=O)COc2ccccc2/C=C2\SC(=S)N(Cc3ccccc3)C2=O)c1. The van der Waals surface area contributed by atoms with E-state index < -0.39 is 0 Å². The minimum atomic E-state index is -0.256. The third kappa shape index (κ3) is 5.92. The van der Waals surface area contributed by atoms with Crippen LogP contribution in [0.2, 0.25) is 0 Å². The fraction of sp³-hybridized carbons (Fsp3) is 0.148. The number of thioether (sulfide) groups is 1. The molecular weight excluding hydrogens is 464 g/mol. The van der Waals surface area contributed by atoms with Crippen LogP contribution in [0.5, 0.6) is 5.75 Å². The van der Waals surface area contributed by atoms with E-state index in [1.54, 1.807) is 17.0 Å². The van der Waals surface area contributed by atoms with Crippen LogP contribution in [0.15, 0.2) is 77.7 Å². The summed E-state index contributed by atoms with van der Waals surface area (Å²) in [5, 5.41) is 2.87. The first kappa shape index (κ1) is 23.7. The van der Waals surface area contributed by atoms with Crippen molar-refractivity contribution < 1.29 is 14.3 Å². The number of nitrogens with zero attached hydrogens (tertiary/aromatic N) is 1. The van der Waals surface area contributed by atoms with Crippen molar-refractivity contribution in [1.82, 2.24) is 4.90 Å². The number of para-hydroxylation sites is 1. The monoisotopic (exact) mass is 488 g/mol. The van der Waals surface area contributed by atoms with Crippen molar-refractivity contribution in [1.29, 1.82) is 0 Å². The summed E-state index contributed by atoms with van der Waals surface area (Å²) < 4.78 is 6.32. The first-order valence-corrected chi connectivity index (χ1v) is 12.0. The van der Waals surface area contributed by atoms with E-state index in [0.717, 1.165) is 22.4 Å². The molecule has 1 heterocycles. The normalized spacial score (nSPS) is 14.5. The highest BCUT2D eigenvalue weighted by Crippen LogP contribution is 2.35. The van der Waals surface area contributed by atoms with Crippen LogP contribution in [0.25, 0.3) is 6.08 Å². The molecule has 0 aromatic heterocycles. The van der Waals surface area contributed by atoms with E-state index in [-0.39, 0.29) is 18.4 Å². The molecule has 172 valence electrons. The van der Waals surface area contributed by atoms with E-state index in [0.29, 0.717) is 27.1 Å². The minimum absolute atomic E-state index is 0.138. The van der Waals surface area contributed by atoms with Gasteiger partial charge in [-0.3, -0.25) is 14.5 Å². The number of carbonyl (C=O) groups is 2. The van der Waals surface area contributed by atoms with Gasteiger partial charge in [0.25, 0.3) is 11.8 Å². The van der Waals surface area contributed by atoms with Crippen molar-refractivity contribution in [3.05, 3.63) is 100.0 Å². The zero-order valence-electron chi connectivity index (χ0n) is 18.9. The van der Waals surface area contributed by atoms with E-state index in [1.807, 2.05) is 80.6 Å². The Labute approximate surface area is 208 Å². The zero-order chi connectivity index (χ0) is 24.1. The Kier molecular flexibility index (Phi) is 7.45. The van der Waals surface area contributed by atoms with Crippen LogP contribution in [0, 0.1) is 13.8 Å². The Morgan fingerprint density at radius 1 is 1.03 bits per heavy atom. The van der Waals surface area contributed by atoms with Gasteiger partial charge in [-0.2, -0.15) is 0 Å². The van der Waals surface area contributed by atoms with Crippen LogP contribution in [0.1, 0.15) is 22.3 Å². The smallest absolute Gasteiger partial charge is 0.266 e. The van der Waals surface area contributed by atoms with Gasteiger partial charge in [0.2, 0.25) is 0 Å². The van der Waals surface area contributed by atoms with Crippen molar-refractivity contribution in [2.75, 3.05) is 11.9 Å². The number of anilines is 1. The third-order valence-corrected chi connectivity index (χ3v) is 6.50. The van der Waals surface area contributed by atoms with Crippen molar-refractivity contribution in [2.24, 2.45) is 0 Å². The molecule has 1 saturated heterocycles. The van der Waals surface area contributed by atoms with E-state index in [2.05, 4.69) is 5.32 Å². The van der Waals surface area contributed by atoms with Gasteiger partial charge in [-0.25, -0.2) is 0 Å². The number of rotatable bonds is 7. The molecule has 0 saturated carbocycles. The molecule has 1 aliphatic rings. The van der Waals surface area contributed by atoms with Gasteiger partial charge in [-0.05, 0) is 54.8 Å². The highest BCUT2D eigenvalue weighted by Gasteiger charge is 2.32. The summed E-state index contributed by atoms with van der Waals surface area (Å²) in [6, 6.07) is 22.9. The van der Waals surface area contributed by atoms with Crippen LogP contribution < -0.4 is 10.1 Å². The topological polar surface area (TPSA) is 58.6 Å². The summed E-state index contributed by atoms with van der Waals surface area (Å²) in [6.07, 6.45) is 1.77. The fourth-order valence-corrected chi connectivity index (χ4v) is 4.91. The highest BCUT2D eigenvalue weighted by atomic mass is 32.2. The molecule has 0 atom stereocenters. The Morgan fingerprint density at radius 2 is 1.71 bits per heavy atom. The quantitative estimate of drug-likeness (QED) is 0.340. The van der Waals surface area contributed by atoms with Crippen LogP contribution in [-0.4, -0.2) is 27.6 Å². The first-order chi connectivity index (χ1) is 16.4. The molecule has 0 aliphatic carbocycles. The first-order valence-electron chi connectivity index (χ1n) is 10.8. The van der Waals surface area contributed by atoms with E-state index in [9.17, 15) is 9.59 Å². The summed E-state index contributed by atoms with van der Waals surface area (Å²) in [6.45, 7) is 4.25. The third-order valence-electron chi connectivity index (χ3n) is 5.13. The lowest BCUT2D eigenvalue weighted by atomic mass is 10.1. The molecule has 34 heavy (non-hydrogen) atoms. The maximum Gasteiger partial charge on any atom is 0.266 e. The molecule has 0 bridgehead atoms. The lowest BCUT2D eigenvalue weighted by Crippen LogP contribution is -2.27. The number of amides is 2. The number of hydrogen-bond donors (Lipinski definition) is 1. The maximum atomic E-state index is 13.0. The Balaban J connectivity index is 1.44. The maximum absolute atomic E-state index is 13.0. The standard InChI is InChI=1S/C27H24N2O3S2/c1-18-12-19(2)14-22(13-18)28-25(30)17-32-23-11-7-6-10-21(23)15-24-26(31)29(27(33)34-24)16-20-8-4-3-5-9-20/h3-15H,16-17H2,1-2H3,(H,28,30)/b24-15-. The van der Waals surface area contributed by atoms with Crippen LogP contribution in [-0.2, 0) is 16.1 Å². The summed E-state index contributed by atoms with van der Waals surface area (Å²) in [4.78, 5) is 27.6. The molecule has 0 unspecified atom stereocenters. The molecule has 0 radical (unpaired) electrons. The average molecular weight is 489 g/mol. The summed E-state index contributed by atoms with van der Waals surface area (Å²) in [7, 11) is 0. The van der Waals surface area contributed by atoms with E-state index in [1.165, 1.54) is 11.8 Å². The molecule has 4 rings (SSSR count).